The molecule has 2 heterocycles. The smallest absolute Gasteiger partial charge is 0.389 e. The third-order valence-corrected chi connectivity index (χ3v) is 11.0. The Hall–Kier alpha value is -2.47. The quantitative estimate of drug-likeness (QED) is 0.333. The fourth-order valence-electron chi connectivity index (χ4n) is 6.50. The number of piperidine rings is 1. The molecule has 0 unspecified atom stereocenters. The molecule has 2 aliphatic heterocycles. The van der Waals surface area contributed by atoms with E-state index in [9.17, 15) is 31.2 Å². The summed E-state index contributed by atoms with van der Waals surface area (Å²) in [6.07, 6.45) is -0.211. The second-order valence-corrected chi connectivity index (χ2v) is 15.8. The van der Waals surface area contributed by atoms with Gasteiger partial charge in [0.1, 0.15) is 17.0 Å². The molecule has 4 rings (SSSR count). The SMILES string of the molecule is Cc1cc(CCC(=O)OC(C)(C)C)ccc1CCS(=O)(=O)N1CCC2(CC1)N=C(C1CCC(CCC(F)(F)F)CC1)NC2=O. The van der Waals surface area contributed by atoms with Crippen LogP contribution in [-0.2, 0) is 37.2 Å². The second kappa shape index (κ2) is 13.5. The molecule has 44 heavy (non-hydrogen) atoms. The van der Waals surface area contributed by atoms with Crippen LogP contribution in [0.3, 0.4) is 0 Å². The van der Waals surface area contributed by atoms with Gasteiger partial charge in [-0.2, -0.15) is 13.2 Å². The Morgan fingerprint density at radius 2 is 1.75 bits per heavy atom. The number of amidine groups is 1. The number of ether oxygens (including phenoxy) is 1. The maximum Gasteiger partial charge on any atom is 0.389 e. The number of halogens is 3. The van der Waals surface area contributed by atoms with Crippen LogP contribution in [0.25, 0.3) is 0 Å². The Morgan fingerprint density at radius 3 is 2.34 bits per heavy atom. The van der Waals surface area contributed by atoms with Crippen molar-refractivity contribution in [3.05, 3.63) is 34.9 Å². The number of carbonyl (C=O) groups excluding carboxylic acids is 2. The largest absolute Gasteiger partial charge is 0.460 e. The highest BCUT2D eigenvalue weighted by molar-refractivity contribution is 7.89. The summed E-state index contributed by atoms with van der Waals surface area (Å²) in [4.78, 5) is 29.8. The van der Waals surface area contributed by atoms with Crippen LogP contribution in [0.4, 0.5) is 13.2 Å². The molecule has 1 saturated heterocycles. The van der Waals surface area contributed by atoms with E-state index in [-0.39, 0.29) is 55.4 Å². The van der Waals surface area contributed by atoms with E-state index in [4.69, 9.17) is 9.73 Å². The first-order valence-electron chi connectivity index (χ1n) is 15.7. The lowest BCUT2D eigenvalue weighted by Crippen LogP contribution is -2.51. The average Bonchev–Trinajstić information content (AvgIpc) is 3.24. The van der Waals surface area contributed by atoms with Gasteiger partial charge in [0.25, 0.3) is 5.91 Å². The highest BCUT2D eigenvalue weighted by atomic mass is 32.2. The lowest BCUT2D eigenvalue weighted by molar-refractivity contribution is -0.154. The van der Waals surface area contributed by atoms with Gasteiger partial charge in [-0.25, -0.2) is 12.7 Å². The summed E-state index contributed by atoms with van der Waals surface area (Å²) in [5.74, 6) is 0.178. The summed E-state index contributed by atoms with van der Waals surface area (Å²) in [6.45, 7) is 7.85. The molecule has 0 bridgehead atoms. The van der Waals surface area contributed by atoms with Crippen LogP contribution >= 0.6 is 0 Å². The minimum atomic E-state index is -4.13. The number of benzene rings is 1. The molecule has 8 nitrogen and oxygen atoms in total. The Labute approximate surface area is 259 Å². The van der Waals surface area contributed by atoms with E-state index in [0.29, 0.717) is 57.2 Å². The zero-order valence-electron chi connectivity index (χ0n) is 26.3. The topological polar surface area (TPSA) is 105 Å². The normalized spacial score (nSPS) is 23.0. The standard InChI is InChI=1S/C32H46F3N3O5S/c1-22-21-24(8-12-27(39)43-30(2,3)4)7-9-25(22)14-20-44(41,42)38-18-16-31(17-19-38)29(40)36-28(37-31)26-10-5-23(6-11-26)13-15-32(33,34)35/h7,9,21,23,26H,5-6,8,10-20H2,1-4H3,(H,36,37,40). The highest BCUT2D eigenvalue weighted by Crippen LogP contribution is 2.38. The number of nitrogens with one attached hydrogen (secondary N) is 1. The zero-order chi connectivity index (χ0) is 32.3. The van der Waals surface area contributed by atoms with Crippen LogP contribution in [0.1, 0.15) is 95.2 Å². The van der Waals surface area contributed by atoms with Gasteiger partial charge in [0, 0.05) is 31.8 Å². The molecule has 1 spiro atoms. The molecule has 12 heteroatoms. The fraction of sp³-hybridized carbons (Fsp3) is 0.719. The number of hydrogen-bond donors (Lipinski definition) is 1. The lowest BCUT2D eigenvalue weighted by atomic mass is 9.79. The van der Waals surface area contributed by atoms with Crippen molar-refractivity contribution in [1.82, 2.24) is 9.62 Å². The van der Waals surface area contributed by atoms with Gasteiger partial charge in [-0.1, -0.05) is 18.2 Å². The van der Waals surface area contributed by atoms with Crippen molar-refractivity contribution in [3.8, 4) is 0 Å². The molecule has 3 aliphatic rings. The predicted octanol–water partition coefficient (Wildman–Crippen LogP) is 5.65. The van der Waals surface area contributed by atoms with E-state index in [0.717, 1.165) is 16.7 Å². The first kappa shape index (κ1) is 34.4. The first-order valence-corrected chi connectivity index (χ1v) is 17.3. The first-order chi connectivity index (χ1) is 20.4. The lowest BCUT2D eigenvalue weighted by Gasteiger charge is -2.34. The number of aryl methyl sites for hydroxylation is 3. The number of alkyl halides is 3. The Balaban J connectivity index is 1.26. The molecular weight excluding hydrogens is 595 g/mol. The number of sulfonamides is 1. The third kappa shape index (κ3) is 9.28. The van der Waals surface area contributed by atoms with Crippen LogP contribution in [-0.4, -0.2) is 66.6 Å². The zero-order valence-corrected chi connectivity index (χ0v) is 27.1. The van der Waals surface area contributed by atoms with E-state index in [1.54, 1.807) is 0 Å². The van der Waals surface area contributed by atoms with Crippen molar-refractivity contribution >= 4 is 27.7 Å². The molecule has 1 amide bonds. The van der Waals surface area contributed by atoms with E-state index in [2.05, 4.69) is 5.32 Å². The number of carbonyl (C=O) groups is 2. The van der Waals surface area contributed by atoms with E-state index >= 15 is 0 Å². The van der Waals surface area contributed by atoms with Crippen LogP contribution in [0, 0.1) is 18.8 Å². The highest BCUT2D eigenvalue weighted by Gasteiger charge is 2.48. The van der Waals surface area contributed by atoms with Crippen molar-refractivity contribution in [3.63, 3.8) is 0 Å². The molecule has 0 radical (unpaired) electrons. The van der Waals surface area contributed by atoms with E-state index in [1.807, 2.05) is 45.9 Å². The number of aliphatic imine (C=N–C) groups is 1. The molecule has 246 valence electrons. The number of nitrogens with zero attached hydrogens (tertiary/aromatic N) is 2. The van der Waals surface area contributed by atoms with E-state index in [1.165, 1.54) is 4.31 Å². The molecule has 1 saturated carbocycles. The number of rotatable bonds is 10. The summed E-state index contributed by atoms with van der Waals surface area (Å²) < 4.78 is 71.1. The summed E-state index contributed by atoms with van der Waals surface area (Å²) >= 11 is 0. The van der Waals surface area contributed by atoms with Crippen molar-refractivity contribution in [2.45, 2.75) is 116 Å². The van der Waals surface area contributed by atoms with Gasteiger partial charge in [-0.05, 0) is 108 Å². The summed E-state index contributed by atoms with van der Waals surface area (Å²) in [5, 5.41) is 2.93. The summed E-state index contributed by atoms with van der Waals surface area (Å²) in [6, 6.07) is 5.83. The second-order valence-electron chi connectivity index (χ2n) is 13.7. The van der Waals surface area contributed by atoms with Gasteiger partial charge in [0.2, 0.25) is 10.0 Å². The molecule has 1 aromatic rings. The maximum absolute atomic E-state index is 13.2. The molecule has 2 fully saturated rings. The van der Waals surface area contributed by atoms with Gasteiger partial charge < -0.3 is 10.1 Å². The molecule has 1 N–H and O–H groups in total. The van der Waals surface area contributed by atoms with Crippen LogP contribution < -0.4 is 5.32 Å². The van der Waals surface area contributed by atoms with Gasteiger partial charge >= 0.3 is 12.1 Å². The van der Waals surface area contributed by atoms with Crippen molar-refractivity contribution < 1.29 is 35.9 Å². The third-order valence-electron chi connectivity index (χ3n) is 9.09. The summed E-state index contributed by atoms with van der Waals surface area (Å²) in [5.41, 5.74) is 1.40. The number of amides is 1. The predicted molar refractivity (Wildman–Crippen MR) is 163 cm³/mol. The van der Waals surface area contributed by atoms with Gasteiger partial charge in [0.15, 0.2) is 0 Å². The molecule has 1 aliphatic carbocycles. The average molecular weight is 642 g/mol. The Morgan fingerprint density at radius 1 is 1.09 bits per heavy atom. The molecule has 0 atom stereocenters. The van der Waals surface area contributed by atoms with Crippen LogP contribution in [0.5, 0.6) is 0 Å². The van der Waals surface area contributed by atoms with Gasteiger partial charge in [-0.3, -0.25) is 14.6 Å². The molecule has 1 aromatic carbocycles. The van der Waals surface area contributed by atoms with Crippen molar-refractivity contribution in [1.29, 1.82) is 0 Å². The molecular formula is C32H46F3N3O5S. The fourth-order valence-corrected chi connectivity index (χ4v) is 7.98. The number of esters is 1. The Kier molecular flexibility index (Phi) is 10.5. The van der Waals surface area contributed by atoms with Crippen molar-refractivity contribution in [2.24, 2.45) is 16.8 Å². The van der Waals surface area contributed by atoms with Crippen molar-refractivity contribution in [2.75, 3.05) is 18.8 Å². The van der Waals surface area contributed by atoms with E-state index < -0.39 is 33.8 Å². The minimum absolute atomic E-state index is 0.0224. The van der Waals surface area contributed by atoms with Gasteiger partial charge in [0.05, 0.1) is 5.75 Å². The molecule has 0 aromatic heterocycles. The number of hydrogen-bond acceptors (Lipinski definition) is 6. The minimum Gasteiger partial charge on any atom is -0.460 e. The monoisotopic (exact) mass is 641 g/mol. The summed E-state index contributed by atoms with van der Waals surface area (Å²) in [7, 11) is -3.56. The van der Waals surface area contributed by atoms with Crippen LogP contribution in [0.15, 0.2) is 23.2 Å². The van der Waals surface area contributed by atoms with Crippen LogP contribution in [0.2, 0.25) is 0 Å². The van der Waals surface area contributed by atoms with Gasteiger partial charge in [-0.15, -0.1) is 0 Å². The Bertz CT molecular complexity index is 1340. The maximum atomic E-state index is 13.2.